The van der Waals surface area contributed by atoms with E-state index >= 15 is 0 Å². The summed E-state index contributed by atoms with van der Waals surface area (Å²) >= 11 is 0. The molecule has 0 spiro atoms. The second kappa shape index (κ2) is 6.70. The standard InChI is InChI=1S/C15H25N/c1-4-5-14-6-8-15(9-7-14)11-12(2)10-13(3)16/h6-9,12-13H,4-5,10-11,16H2,1-3H3. The highest BCUT2D eigenvalue weighted by molar-refractivity contribution is 5.22. The summed E-state index contributed by atoms with van der Waals surface area (Å²) in [6, 6.07) is 9.37. The highest BCUT2D eigenvalue weighted by Gasteiger charge is 2.06. The summed E-state index contributed by atoms with van der Waals surface area (Å²) in [4.78, 5) is 0. The molecule has 1 aromatic carbocycles. The van der Waals surface area contributed by atoms with E-state index in [0.29, 0.717) is 12.0 Å². The molecular weight excluding hydrogens is 194 g/mol. The molecular formula is C15H25N. The van der Waals surface area contributed by atoms with Crippen molar-refractivity contribution >= 4 is 0 Å². The van der Waals surface area contributed by atoms with E-state index in [0.717, 1.165) is 12.8 Å². The Labute approximate surface area is 100 Å². The largest absolute Gasteiger partial charge is 0.328 e. The first-order valence-corrected chi connectivity index (χ1v) is 6.45. The van der Waals surface area contributed by atoms with E-state index in [1.807, 2.05) is 0 Å². The normalized spacial score (nSPS) is 14.8. The zero-order valence-electron chi connectivity index (χ0n) is 10.9. The number of aryl methyl sites for hydroxylation is 1. The maximum absolute atomic E-state index is 5.81. The summed E-state index contributed by atoms with van der Waals surface area (Å²) in [5, 5.41) is 0. The number of hydrogen-bond acceptors (Lipinski definition) is 1. The van der Waals surface area contributed by atoms with Gasteiger partial charge in [-0.25, -0.2) is 0 Å². The molecule has 2 unspecified atom stereocenters. The van der Waals surface area contributed by atoms with Crippen LogP contribution in [0.1, 0.15) is 44.7 Å². The zero-order chi connectivity index (χ0) is 12.0. The van der Waals surface area contributed by atoms with Crippen LogP contribution in [0.15, 0.2) is 24.3 Å². The second-order valence-electron chi connectivity index (χ2n) is 5.09. The van der Waals surface area contributed by atoms with Crippen molar-refractivity contribution in [1.29, 1.82) is 0 Å². The van der Waals surface area contributed by atoms with Crippen LogP contribution < -0.4 is 5.73 Å². The molecule has 1 rings (SSSR count). The predicted octanol–water partition coefficient (Wildman–Crippen LogP) is 3.56. The molecule has 90 valence electrons. The molecule has 2 atom stereocenters. The van der Waals surface area contributed by atoms with Crippen molar-refractivity contribution < 1.29 is 0 Å². The second-order valence-corrected chi connectivity index (χ2v) is 5.09. The van der Waals surface area contributed by atoms with Gasteiger partial charge in [-0.2, -0.15) is 0 Å². The van der Waals surface area contributed by atoms with E-state index in [4.69, 9.17) is 5.73 Å². The SMILES string of the molecule is CCCc1ccc(CC(C)CC(C)N)cc1. The van der Waals surface area contributed by atoms with Crippen LogP contribution in [-0.4, -0.2) is 6.04 Å². The van der Waals surface area contributed by atoms with Gasteiger partial charge in [0.15, 0.2) is 0 Å². The molecule has 0 saturated carbocycles. The molecule has 1 heteroatoms. The molecule has 0 radical (unpaired) electrons. The molecule has 1 nitrogen and oxygen atoms in total. The molecule has 0 aliphatic carbocycles. The molecule has 0 aromatic heterocycles. The lowest BCUT2D eigenvalue weighted by Crippen LogP contribution is -2.19. The van der Waals surface area contributed by atoms with Gasteiger partial charge in [-0.05, 0) is 43.2 Å². The van der Waals surface area contributed by atoms with Gasteiger partial charge in [-0.3, -0.25) is 0 Å². The Morgan fingerprint density at radius 1 is 1.06 bits per heavy atom. The van der Waals surface area contributed by atoms with Gasteiger partial charge in [0.2, 0.25) is 0 Å². The fraction of sp³-hybridized carbons (Fsp3) is 0.600. The van der Waals surface area contributed by atoms with Gasteiger partial charge in [0, 0.05) is 6.04 Å². The minimum atomic E-state index is 0.314. The zero-order valence-corrected chi connectivity index (χ0v) is 10.9. The lowest BCUT2D eigenvalue weighted by molar-refractivity contribution is 0.480. The van der Waals surface area contributed by atoms with Gasteiger partial charge in [-0.15, -0.1) is 0 Å². The van der Waals surface area contributed by atoms with Crippen molar-refractivity contribution in [2.24, 2.45) is 11.7 Å². The molecule has 0 heterocycles. The summed E-state index contributed by atoms with van der Waals surface area (Å²) in [6.45, 7) is 6.59. The third-order valence-corrected chi connectivity index (χ3v) is 2.92. The van der Waals surface area contributed by atoms with Gasteiger partial charge in [0.05, 0.1) is 0 Å². The van der Waals surface area contributed by atoms with Gasteiger partial charge in [0.25, 0.3) is 0 Å². The summed E-state index contributed by atoms with van der Waals surface area (Å²) < 4.78 is 0. The lowest BCUT2D eigenvalue weighted by atomic mass is 9.94. The molecule has 0 aliphatic heterocycles. The maximum Gasteiger partial charge on any atom is 0.00131 e. The Hall–Kier alpha value is -0.820. The van der Waals surface area contributed by atoms with Gasteiger partial charge in [-0.1, -0.05) is 44.5 Å². The van der Waals surface area contributed by atoms with Crippen LogP contribution in [0.5, 0.6) is 0 Å². The minimum Gasteiger partial charge on any atom is -0.328 e. The molecule has 2 N–H and O–H groups in total. The number of nitrogens with two attached hydrogens (primary N) is 1. The van der Waals surface area contributed by atoms with E-state index in [-0.39, 0.29) is 0 Å². The molecule has 0 amide bonds. The molecule has 0 fully saturated rings. The van der Waals surface area contributed by atoms with Crippen molar-refractivity contribution in [2.45, 2.75) is 52.5 Å². The Morgan fingerprint density at radius 3 is 2.12 bits per heavy atom. The molecule has 1 aromatic rings. The fourth-order valence-corrected chi connectivity index (χ4v) is 2.25. The minimum absolute atomic E-state index is 0.314. The van der Waals surface area contributed by atoms with Crippen molar-refractivity contribution in [3.05, 3.63) is 35.4 Å². The van der Waals surface area contributed by atoms with Crippen molar-refractivity contribution in [1.82, 2.24) is 0 Å². The van der Waals surface area contributed by atoms with Gasteiger partial charge < -0.3 is 5.73 Å². The summed E-state index contributed by atoms with van der Waals surface area (Å²) in [5.74, 6) is 0.678. The Kier molecular flexibility index (Phi) is 5.54. The highest BCUT2D eigenvalue weighted by Crippen LogP contribution is 2.14. The van der Waals surface area contributed by atoms with Crippen LogP contribution in [0.4, 0.5) is 0 Å². The average Bonchev–Trinajstić information content (AvgIpc) is 2.20. The van der Waals surface area contributed by atoms with Crippen LogP contribution in [-0.2, 0) is 12.8 Å². The third-order valence-electron chi connectivity index (χ3n) is 2.92. The van der Waals surface area contributed by atoms with E-state index in [2.05, 4.69) is 45.0 Å². The van der Waals surface area contributed by atoms with Crippen LogP contribution in [0.2, 0.25) is 0 Å². The Bertz CT molecular complexity index is 287. The number of rotatable bonds is 6. The monoisotopic (exact) mass is 219 g/mol. The summed E-state index contributed by atoms with van der Waals surface area (Å²) in [7, 11) is 0. The van der Waals surface area contributed by atoms with Crippen LogP contribution in [0.25, 0.3) is 0 Å². The first-order chi connectivity index (χ1) is 7.61. The first-order valence-electron chi connectivity index (χ1n) is 6.45. The Balaban J connectivity index is 2.48. The van der Waals surface area contributed by atoms with E-state index < -0.39 is 0 Å². The third kappa shape index (κ3) is 4.80. The van der Waals surface area contributed by atoms with Crippen molar-refractivity contribution in [3.63, 3.8) is 0 Å². The molecule has 0 aliphatic rings. The summed E-state index contributed by atoms with van der Waals surface area (Å²) in [6.07, 6.45) is 4.67. The summed E-state index contributed by atoms with van der Waals surface area (Å²) in [5.41, 5.74) is 8.70. The maximum atomic E-state index is 5.81. The topological polar surface area (TPSA) is 26.0 Å². The molecule has 0 bridgehead atoms. The number of benzene rings is 1. The predicted molar refractivity (Wildman–Crippen MR) is 71.6 cm³/mol. The van der Waals surface area contributed by atoms with E-state index in [1.165, 1.54) is 24.0 Å². The average molecular weight is 219 g/mol. The molecule has 16 heavy (non-hydrogen) atoms. The fourth-order valence-electron chi connectivity index (χ4n) is 2.25. The first kappa shape index (κ1) is 13.2. The van der Waals surface area contributed by atoms with E-state index in [9.17, 15) is 0 Å². The highest BCUT2D eigenvalue weighted by atomic mass is 14.6. The van der Waals surface area contributed by atoms with Crippen LogP contribution >= 0.6 is 0 Å². The Morgan fingerprint density at radius 2 is 1.62 bits per heavy atom. The van der Waals surface area contributed by atoms with Crippen LogP contribution in [0.3, 0.4) is 0 Å². The molecule has 0 saturated heterocycles. The van der Waals surface area contributed by atoms with Crippen LogP contribution in [0, 0.1) is 5.92 Å². The van der Waals surface area contributed by atoms with Gasteiger partial charge in [0.1, 0.15) is 0 Å². The quantitative estimate of drug-likeness (QED) is 0.778. The van der Waals surface area contributed by atoms with E-state index in [1.54, 1.807) is 0 Å². The van der Waals surface area contributed by atoms with Crippen molar-refractivity contribution in [3.8, 4) is 0 Å². The lowest BCUT2D eigenvalue weighted by Gasteiger charge is -2.14. The smallest absolute Gasteiger partial charge is 0.00131 e. The van der Waals surface area contributed by atoms with Crippen molar-refractivity contribution in [2.75, 3.05) is 0 Å². The van der Waals surface area contributed by atoms with Gasteiger partial charge >= 0.3 is 0 Å². The number of hydrogen-bond donors (Lipinski definition) is 1.